The van der Waals surface area contributed by atoms with Gasteiger partial charge in [0.15, 0.2) is 5.65 Å². The van der Waals surface area contributed by atoms with Crippen LogP contribution in [0.3, 0.4) is 0 Å². The van der Waals surface area contributed by atoms with Crippen LogP contribution in [0.15, 0.2) is 52.4 Å². The number of benzene rings is 1. The molecule has 4 aromatic rings. The summed E-state index contributed by atoms with van der Waals surface area (Å²) in [4.78, 5) is 32.6. The third-order valence-electron chi connectivity index (χ3n) is 5.53. The zero-order valence-corrected chi connectivity index (χ0v) is 16.6. The van der Waals surface area contributed by atoms with Gasteiger partial charge in [0.2, 0.25) is 0 Å². The number of hydrogen-bond acceptors (Lipinski definition) is 5. The van der Waals surface area contributed by atoms with Crippen LogP contribution in [0.25, 0.3) is 16.9 Å². The number of H-pyrrole nitrogens is 2. The maximum atomic E-state index is 12.5. The molecule has 1 aromatic carbocycles. The second-order valence-corrected chi connectivity index (χ2v) is 7.69. The summed E-state index contributed by atoms with van der Waals surface area (Å²) in [7, 11) is 0. The summed E-state index contributed by atoms with van der Waals surface area (Å²) >= 11 is 0. The fourth-order valence-electron chi connectivity index (χ4n) is 4.00. The van der Waals surface area contributed by atoms with E-state index in [0.717, 1.165) is 17.5 Å². The predicted molar refractivity (Wildman–Crippen MR) is 108 cm³/mol. The number of alkyl halides is 3. The van der Waals surface area contributed by atoms with Crippen molar-refractivity contribution in [3.63, 3.8) is 0 Å². The Morgan fingerprint density at radius 1 is 1.19 bits per heavy atom. The average Bonchev–Trinajstić information content (AvgIpc) is 3.36. The molecule has 0 saturated heterocycles. The van der Waals surface area contributed by atoms with E-state index in [1.54, 1.807) is 42.0 Å². The largest absolute Gasteiger partial charge is 0.573 e. The third-order valence-corrected chi connectivity index (χ3v) is 5.53. The topological polar surface area (TPSA) is 105 Å². The van der Waals surface area contributed by atoms with Crippen LogP contribution in [-0.2, 0) is 0 Å². The molecule has 0 unspecified atom stereocenters. The molecule has 0 radical (unpaired) electrons. The van der Waals surface area contributed by atoms with Gasteiger partial charge >= 0.3 is 12.1 Å². The number of halogens is 3. The molecule has 2 atom stereocenters. The highest BCUT2D eigenvalue weighted by Crippen LogP contribution is 2.56. The molecule has 1 aliphatic carbocycles. The maximum Gasteiger partial charge on any atom is 0.573 e. The lowest BCUT2D eigenvalue weighted by Gasteiger charge is -2.12. The minimum Gasteiger partial charge on any atom is -0.406 e. The van der Waals surface area contributed by atoms with Crippen molar-refractivity contribution in [2.45, 2.75) is 31.5 Å². The number of nitrogens with one attached hydrogen (secondary N) is 2. The Labute approximate surface area is 177 Å². The third kappa shape index (κ3) is 3.66. The molecule has 164 valence electrons. The van der Waals surface area contributed by atoms with Gasteiger partial charge in [-0.2, -0.15) is 5.10 Å². The van der Waals surface area contributed by atoms with Crippen molar-refractivity contribution in [3.05, 3.63) is 80.4 Å². The van der Waals surface area contributed by atoms with Crippen molar-refractivity contribution in [1.82, 2.24) is 24.6 Å². The van der Waals surface area contributed by atoms with Gasteiger partial charge in [-0.1, -0.05) is 12.1 Å². The lowest BCUT2D eigenvalue weighted by atomic mass is 10.0. The second-order valence-electron chi connectivity index (χ2n) is 7.69. The molecule has 5 rings (SSSR count). The molecule has 3 heterocycles. The summed E-state index contributed by atoms with van der Waals surface area (Å²) in [6.45, 7) is 1.57. The van der Waals surface area contributed by atoms with E-state index in [0.29, 0.717) is 16.9 Å². The molecule has 32 heavy (non-hydrogen) atoms. The fraction of sp³-hybridized carbons (Fsp3) is 0.238. The molecule has 8 nitrogen and oxygen atoms in total. The summed E-state index contributed by atoms with van der Waals surface area (Å²) in [5.41, 5.74) is 2.20. The van der Waals surface area contributed by atoms with Crippen LogP contribution in [0.1, 0.15) is 34.9 Å². The van der Waals surface area contributed by atoms with Gasteiger partial charge in [-0.25, -0.2) is 14.3 Å². The fourth-order valence-corrected chi connectivity index (χ4v) is 4.00. The summed E-state index contributed by atoms with van der Waals surface area (Å²) in [5.74, 6) is -0.0897. The summed E-state index contributed by atoms with van der Waals surface area (Å²) in [5, 5.41) is 4.41. The predicted octanol–water partition coefficient (Wildman–Crippen LogP) is 3.25. The zero-order chi connectivity index (χ0) is 22.6. The highest BCUT2D eigenvalue weighted by atomic mass is 19.4. The highest BCUT2D eigenvalue weighted by Gasteiger charge is 2.42. The van der Waals surface area contributed by atoms with Gasteiger partial charge in [0.25, 0.3) is 5.56 Å². The normalized spacial score (nSPS) is 18.1. The quantitative estimate of drug-likeness (QED) is 0.504. The Bertz CT molecular complexity index is 1450. The number of imidazole rings is 1. The first-order valence-corrected chi connectivity index (χ1v) is 9.72. The molecule has 0 amide bonds. The molecule has 3 aromatic heterocycles. The van der Waals surface area contributed by atoms with Gasteiger partial charge < -0.3 is 9.72 Å². The van der Waals surface area contributed by atoms with Crippen molar-refractivity contribution in [3.8, 4) is 17.0 Å². The number of aromatic nitrogens is 5. The Balaban J connectivity index is 1.50. The number of aromatic amines is 2. The lowest BCUT2D eigenvalue weighted by molar-refractivity contribution is -0.274. The monoisotopic (exact) mass is 443 g/mol. The van der Waals surface area contributed by atoms with Gasteiger partial charge in [-0.05, 0) is 48.4 Å². The molecule has 11 heteroatoms. The Hall–Kier alpha value is -3.89. The van der Waals surface area contributed by atoms with E-state index >= 15 is 0 Å². The first-order chi connectivity index (χ1) is 15.2. The Morgan fingerprint density at radius 3 is 2.72 bits per heavy atom. The van der Waals surface area contributed by atoms with Gasteiger partial charge in [-0.15, -0.1) is 13.2 Å². The smallest absolute Gasteiger partial charge is 0.406 e. The van der Waals surface area contributed by atoms with E-state index in [1.165, 1.54) is 12.3 Å². The van der Waals surface area contributed by atoms with Gasteiger partial charge in [0.1, 0.15) is 5.75 Å². The first-order valence-electron chi connectivity index (χ1n) is 9.72. The van der Waals surface area contributed by atoms with Crippen molar-refractivity contribution in [1.29, 1.82) is 0 Å². The number of hydrogen-bond donors (Lipinski definition) is 2. The van der Waals surface area contributed by atoms with Crippen LogP contribution in [0.4, 0.5) is 13.2 Å². The Kier molecular flexibility index (Phi) is 4.43. The van der Waals surface area contributed by atoms with E-state index in [1.807, 2.05) is 0 Å². The maximum absolute atomic E-state index is 12.5. The molecule has 1 aliphatic rings. The standard InChI is InChI=1S/C21H16F3N5O3/c1-10-6-11(2-3-17(10)32-21(22,23)24)12-7-13(12)14-8-16(28-29-5-4-25-18(14)29)15-9-26-20(31)27-19(15)30/h2-6,8-9,12-13H,7H2,1H3,(H2,26,27,30,31)/t12-,13+/m1/s1. The first kappa shape index (κ1) is 20.0. The summed E-state index contributed by atoms with van der Waals surface area (Å²) in [6.07, 6.45) is 0.592. The average molecular weight is 443 g/mol. The van der Waals surface area contributed by atoms with Crippen LogP contribution < -0.4 is 16.0 Å². The van der Waals surface area contributed by atoms with Crippen molar-refractivity contribution in [2.75, 3.05) is 0 Å². The van der Waals surface area contributed by atoms with Gasteiger partial charge in [0, 0.05) is 24.2 Å². The minimum absolute atomic E-state index is 0.0530. The van der Waals surface area contributed by atoms with Crippen LogP contribution >= 0.6 is 0 Å². The number of fused-ring (bicyclic) bond motifs is 1. The number of ether oxygens (including phenoxy) is 1. The number of aryl methyl sites for hydroxylation is 1. The van der Waals surface area contributed by atoms with E-state index in [4.69, 9.17) is 0 Å². The molecular formula is C21H16F3N5O3. The molecule has 1 fully saturated rings. The van der Waals surface area contributed by atoms with Crippen molar-refractivity contribution < 1.29 is 17.9 Å². The Morgan fingerprint density at radius 2 is 2.00 bits per heavy atom. The second kappa shape index (κ2) is 7.08. The van der Waals surface area contributed by atoms with Crippen LogP contribution in [0.5, 0.6) is 5.75 Å². The lowest BCUT2D eigenvalue weighted by Crippen LogP contribution is -2.23. The molecule has 1 saturated carbocycles. The van der Waals surface area contributed by atoms with E-state index < -0.39 is 17.6 Å². The zero-order valence-electron chi connectivity index (χ0n) is 16.6. The van der Waals surface area contributed by atoms with E-state index in [2.05, 4.69) is 24.8 Å². The number of rotatable bonds is 4. The van der Waals surface area contributed by atoms with Crippen LogP contribution in [0.2, 0.25) is 0 Å². The molecule has 0 bridgehead atoms. The summed E-state index contributed by atoms with van der Waals surface area (Å²) in [6, 6.07) is 6.43. The number of nitrogens with zero attached hydrogens (tertiary/aromatic N) is 3. The molecular weight excluding hydrogens is 427 g/mol. The van der Waals surface area contributed by atoms with E-state index in [-0.39, 0.29) is 23.1 Å². The SMILES string of the molecule is Cc1cc([C@H]2C[C@@H]2c2cc(-c3c[nH]c(=O)[nH]c3=O)nn3ccnc23)ccc1OC(F)(F)F. The van der Waals surface area contributed by atoms with Crippen molar-refractivity contribution in [2.24, 2.45) is 0 Å². The van der Waals surface area contributed by atoms with Crippen LogP contribution in [0, 0.1) is 6.92 Å². The van der Waals surface area contributed by atoms with E-state index in [9.17, 15) is 22.8 Å². The van der Waals surface area contributed by atoms with Crippen LogP contribution in [-0.4, -0.2) is 30.9 Å². The van der Waals surface area contributed by atoms with Gasteiger partial charge in [-0.3, -0.25) is 9.78 Å². The molecule has 0 spiro atoms. The van der Waals surface area contributed by atoms with Gasteiger partial charge in [0.05, 0.1) is 11.3 Å². The minimum atomic E-state index is -4.74. The summed E-state index contributed by atoms with van der Waals surface area (Å²) < 4.78 is 43.2. The highest BCUT2D eigenvalue weighted by molar-refractivity contribution is 5.63. The molecule has 2 N–H and O–H groups in total. The van der Waals surface area contributed by atoms with Crippen molar-refractivity contribution >= 4 is 5.65 Å². The molecule has 0 aliphatic heterocycles.